The van der Waals surface area contributed by atoms with Crippen LogP contribution in [-0.2, 0) is 4.74 Å². The highest BCUT2D eigenvalue weighted by Crippen LogP contribution is 2.27. The molecule has 0 aromatic carbocycles. The van der Waals surface area contributed by atoms with E-state index in [9.17, 15) is 5.11 Å². The summed E-state index contributed by atoms with van der Waals surface area (Å²) in [6, 6.07) is 4.03. The molecule has 0 aliphatic carbocycles. The van der Waals surface area contributed by atoms with Crippen LogP contribution >= 0.6 is 11.3 Å². The number of thiophene rings is 1. The monoisotopic (exact) mass is 227 g/mol. The molecule has 0 saturated carbocycles. The van der Waals surface area contributed by atoms with Gasteiger partial charge in [0.25, 0.3) is 0 Å². The molecule has 0 amide bonds. The minimum Gasteiger partial charge on any atom is -0.385 e. The van der Waals surface area contributed by atoms with Crippen LogP contribution in [0.3, 0.4) is 0 Å². The lowest BCUT2D eigenvalue weighted by Gasteiger charge is -2.32. The van der Waals surface area contributed by atoms with Gasteiger partial charge in [0.2, 0.25) is 0 Å². The second-order valence-electron chi connectivity index (χ2n) is 4.06. The highest BCUT2D eigenvalue weighted by molar-refractivity contribution is 7.12. The molecule has 0 radical (unpaired) electrons. The Morgan fingerprint density at radius 2 is 2.40 bits per heavy atom. The van der Waals surface area contributed by atoms with Gasteiger partial charge in [-0.2, -0.15) is 0 Å². The van der Waals surface area contributed by atoms with Gasteiger partial charge in [0.15, 0.2) is 0 Å². The highest BCUT2D eigenvalue weighted by atomic mass is 32.1. The SMILES string of the molecule is Cc1ccc(C(O)C2CN(C)CCO2)s1. The number of aliphatic hydroxyl groups is 1. The van der Waals surface area contributed by atoms with Crippen molar-refractivity contribution in [1.29, 1.82) is 0 Å². The number of aryl methyl sites for hydroxylation is 1. The van der Waals surface area contributed by atoms with Gasteiger partial charge < -0.3 is 14.7 Å². The second kappa shape index (κ2) is 4.61. The summed E-state index contributed by atoms with van der Waals surface area (Å²) in [6.45, 7) is 4.52. The van der Waals surface area contributed by atoms with E-state index in [-0.39, 0.29) is 6.10 Å². The van der Waals surface area contributed by atoms with Gasteiger partial charge in [0.05, 0.1) is 6.61 Å². The molecule has 0 spiro atoms. The van der Waals surface area contributed by atoms with E-state index in [1.807, 2.05) is 12.1 Å². The summed E-state index contributed by atoms with van der Waals surface area (Å²) in [5.74, 6) is 0. The van der Waals surface area contributed by atoms with Gasteiger partial charge in [-0.05, 0) is 26.1 Å². The second-order valence-corrected chi connectivity index (χ2v) is 5.38. The third-order valence-corrected chi connectivity index (χ3v) is 3.77. The normalized spacial score (nSPS) is 25.4. The van der Waals surface area contributed by atoms with Crippen molar-refractivity contribution in [3.8, 4) is 0 Å². The van der Waals surface area contributed by atoms with E-state index in [2.05, 4.69) is 18.9 Å². The van der Waals surface area contributed by atoms with Gasteiger partial charge in [-0.3, -0.25) is 0 Å². The van der Waals surface area contributed by atoms with Gasteiger partial charge in [0, 0.05) is 22.8 Å². The Hall–Kier alpha value is -0.420. The fourth-order valence-electron chi connectivity index (χ4n) is 1.80. The van der Waals surface area contributed by atoms with Gasteiger partial charge >= 0.3 is 0 Å². The van der Waals surface area contributed by atoms with Crippen molar-refractivity contribution in [2.75, 3.05) is 26.7 Å². The Balaban J connectivity index is 2.03. The Morgan fingerprint density at radius 1 is 1.60 bits per heavy atom. The number of likely N-dealkylation sites (N-methyl/N-ethyl adjacent to an activating group) is 1. The fourth-order valence-corrected chi connectivity index (χ4v) is 2.71. The smallest absolute Gasteiger partial charge is 0.115 e. The minimum atomic E-state index is -0.480. The Bertz CT molecular complexity index is 326. The summed E-state index contributed by atoms with van der Waals surface area (Å²) < 4.78 is 5.59. The molecule has 3 nitrogen and oxygen atoms in total. The number of hydrogen-bond acceptors (Lipinski definition) is 4. The first-order valence-corrected chi connectivity index (χ1v) is 6.03. The molecule has 2 heterocycles. The molecule has 1 aromatic heterocycles. The number of aliphatic hydroxyl groups excluding tert-OH is 1. The Morgan fingerprint density at radius 3 is 3.00 bits per heavy atom. The van der Waals surface area contributed by atoms with Gasteiger partial charge in [-0.25, -0.2) is 0 Å². The molecular formula is C11H17NO2S. The molecular weight excluding hydrogens is 210 g/mol. The molecule has 84 valence electrons. The van der Waals surface area contributed by atoms with Crippen LogP contribution in [0.15, 0.2) is 12.1 Å². The molecule has 1 aromatic rings. The highest BCUT2D eigenvalue weighted by Gasteiger charge is 2.27. The van der Waals surface area contributed by atoms with Gasteiger partial charge in [-0.1, -0.05) is 0 Å². The van der Waals surface area contributed by atoms with Crippen LogP contribution in [0.4, 0.5) is 0 Å². The number of ether oxygens (including phenoxy) is 1. The van der Waals surface area contributed by atoms with Crippen LogP contribution in [0.25, 0.3) is 0 Å². The molecule has 1 fully saturated rings. The topological polar surface area (TPSA) is 32.7 Å². The van der Waals surface area contributed by atoms with Crippen LogP contribution in [0.2, 0.25) is 0 Å². The summed E-state index contributed by atoms with van der Waals surface area (Å²) in [7, 11) is 2.06. The average molecular weight is 227 g/mol. The summed E-state index contributed by atoms with van der Waals surface area (Å²) in [4.78, 5) is 4.43. The third kappa shape index (κ3) is 2.58. The third-order valence-electron chi connectivity index (χ3n) is 2.70. The summed E-state index contributed by atoms with van der Waals surface area (Å²) in [6.07, 6.45) is -0.562. The van der Waals surface area contributed by atoms with Crippen molar-refractivity contribution in [2.24, 2.45) is 0 Å². The first-order valence-electron chi connectivity index (χ1n) is 5.21. The van der Waals surface area contributed by atoms with Crippen LogP contribution in [0.1, 0.15) is 15.9 Å². The molecule has 1 N–H and O–H groups in total. The van der Waals surface area contributed by atoms with Crippen molar-refractivity contribution in [3.63, 3.8) is 0 Å². The average Bonchev–Trinajstić information content (AvgIpc) is 2.64. The number of rotatable bonds is 2. The van der Waals surface area contributed by atoms with Gasteiger partial charge in [-0.15, -0.1) is 11.3 Å². The lowest BCUT2D eigenvalue weighted by Crippen LogP contribution is -2.42. The summed E-state index contributed by atoms with van der Waals surface area (Å²) in [5, 5.41) is 10.1. The van der Waals surface area contributed by atoms with E-state index in [1.54, 1.807) is 11.3 Å². The van der Waals surface area contributed by atoms with E-state index in [0.717, 1.165) is 18.0 Å². The van der Waals surface area contributed by atoms with Crippen LogP contribution in [0.5, 0.6) is 0 Å². The van der Waals surface area contributed by atoms with Gasteiger partial charge in [0.1, 0.15) is 12.2 Å². The maximum Gasteiger partial charge on any atom is 0.115 e. The van der Waals surface area contributed by atoms with E-state index < -0.39 is 6.10 Å². The van der Waals surface area contributed by atoms with E-state index in [1.165, 1.54) is 4.88 Å². The number of nitrogens with zero attached hydrogens (tertiary/aromatic N) is 1. The quantitative estimate of drug-likeness (QED) is 0.829. The van der Waals surface area contributed by atoms with Crippen LogP contribution in [-0.4, -0.2) is 42.9 Å². The lowest BCUT2D eigenvalue weighted by atomic mass is 10.1. The summed E-state index contributed by atoms with van der Waals surface area (Å²) in [5.41, 5.74) is 0. The maximum atomic E-state index is 10.1. The molecule has 4 heteroatoms. The molecule has 1 saturated heterocycles. The van der Waals surface area contributed by atoms with Crippen molar-refractivity contribution in [2.45, 2.75) is 19.1 Å². The Kier molecular flexibility index (Phi) is 3.41. The van der Waals surface area contributed by atoms with Crippen LogP contribution < -0.4 is 0 Å². The molecule has 2 rings (SSSR count). The zero-order chi connectivity index (χ0) is 10.8. The van der Waals surface area contributed by atoms with E-state index in [4.69, 9.17) is 4.74 Å². The first kappa shape index (κ1) is 11.1. The zero-order valence-corrected chi connectivity index (χ0v) is 9.96. The summed E-state index contributed by atoms with van der Waals surface area (Å²) >= 11 is 1.64. The Labute approximate surface area is 94.3 Å². The van der Waals surface area contributed by atoms with Crippen LogP contribution in [0, 0.1) is 6.92 Å². The largest absolute Gasteiger partial charge is 0.385 e. The maximum absolute atomic E-state index is 10.1. The lowest BCUT2D eigenvalue weighted by molar-refractivity contribution is -0.0833. The predicted molar refractivity (Wildman–Crippen MR) is 61.3 cm³/mol. The molecule has 2 unspecified atom stereocenters. The molecule has 15 heavy (non-hydrogen) atoms. The number of hydrogen-bond donors (Lipinski definition) is 1. The number of morpholine rings is 1. The van der Waals surface area contributed by atoms with Crippen molar-refractivity contribution in [3.05, 3.63) is 21.9 Å². The van der Waals surface area contributed by atoms with Crippen molar-refractivity contribution in [1.82, 2.24) is 4.90 Å². The zero-order valence-electron chi connectivity index (χ0n) is 9.14. The molecule has 1 aliphatic heterocycles. The molecule has 1 aliphatic rings. The first-order chi connectivity index (χ1) is 7.16. The minimum absolute atomic E-state index is 0.0817. The van der Waals surface area contributed by atoms with E-state index in [0.29, 0.717) is 6.61 Å². The molecule has 2 atom stereocenters. The molecule has 0 bridgehead atoms. The van der Waals surface area contributed by atoms with E-state index >= 15 is 0 Å². The van der Waals surface area contributed by atoms with Crippen molar-refractivity contribution >= 4 is 11.3 Å². The predicted octanol–water partition coefficient (Wildman–Crippen LogP) is 1.42. The fraction of sp³-hybridized carbons (Fsp3) is 0.636. The standard InChI is InChI=1S/C11H17NO2S/c1-8-3-4-10(15-8)11(13)9-7-12(2)5-6-14-9/h3-4,9,11,13H,5-7H2,1-2H3. The van der Waals surface area contributed by atoms with Crippen molar-refractivity contribution < 1.29 is 9.84 Å².